The number of rotatable bonds is 6. The van der Waals surface area contributed by atoms with Gasteiger partial charge in [0, 0.05) is 11.4 Å². The van der Waals surface area contributed by atoms with Crippen LogP contribution in [-0.4, -0.2) is 42.8 Å². The minimum atomic E-state index is -4.51. The highest BCUT2D eigenvalue weighted by Crippen LogP contribution is 2.15. The van der Waals surface area contributed by atoms with Crippen LogP contribution in [0.25, 0.3) is 0 Å². The molecule has 0 radical (unpaired) electrons. The molecule has 14 heavy (non-hydrogen) atoms. The molecule has 0 rings (SSSR count). The third-order valence-corrected chi connectivity index (χ3v) is 2.11. The Hall–Kier alpha value is 0.190. The first kappa shape index (κ1) is 14.2. The van der Waals surface area contributed by atoms with Crippen molar-refractivity contribution in [2.75, 3.05) is 26.7 Å². The lowest BCUT2D eigenvalue weighted by Crippen LogP contribution is -2.28. The van der Waals surface area contributed by atoms with E-state index in [0.717, 1.165) is 13.0 Å². The summed E-state index contributed by atoms with van der Waals surface area (Å²) in [6.07, 6.45) is -3.61. The maximum absolute atomic E-state index is 11.6. The number of likely N-dealkylation sites (N-methyl/N-ethyl adjacent to an activating group) is 1. The molecule has 0 aliphatic carbocycles. The molecular formula is C8H15BrF3NO. The Bertz CT molecular complexity index is 152. The van der Waals surface area contributed by atoms with Gasteiger partial charge in [-0.2, -0.15) is 0 Å². The summed E-state index contributed by atoms with van der Waals surface area (Å²) in [5.41, 5.74) is 0. The van der Waals surface area contributed by atoms with Gasteiger partial charge in [0.25, 0.3) is 0 Å². The molecule has 0 amide bonds. The van der Waals surface area contributed by atoms with Gasteiger partial charge in [0.15, 0.2) is 0 Å². The van der Waals surface area contributed by atoms with Gasteiger partial charge in [-0.3, -0.25) is 4.74 Å². The fraction of sp³-hybridized carbons (Fsp3) is 1.00. The molecule has 0 aromatic rings. The highest BCUT2D eigenvalue weighted by atomic mass is 79.9. The number of ether oxygens (including phenoxy) is 1. The van der Waals surface area contributed by atoms with E-state index in [4.69, 9.17) is 0 Å². The monoisotopic (exact) mass is 277 g/mol. The van der Waals surface area contributed by atoms with Crippen molar-refractivity contribution in [3.63, 3.8) is 0 Å². The molecular weight excluding hydrogens is 263 g/mol. The zero-order valence-electron chi connectivity index (χ0n) is 8.27. The molecule has 0 aliphatic heterocycles. The van der Waals surface area contributed by atoms with Crippen molar-refractivity contribution >= 4 is 15.9 Å². The van der Waals surface area contributed by atoms with Gasteiger partial charge < -0.3 is 4.90 Å². The highest BCUT2D eigenvalue weighted by Gasteiger charge is 2.28. The van der Waals surface area contributed by atoms with Crippen LogP contribution in [0.4, 0.5) is 13.2 Å². The van der Waals surface area contributed by atoms with Gasteiger partial charge in [-0.25, -0.2) is 0 Å². The van der Waals surface area contributed by atoms with Crippen molar-refractivity contribution in [3.8, 4) is 0 Å². The number of hydrogen-bond acceptors (Lipinski definition) is 2. The standard InChI is InChI=1S/C8H15BrF3NO/c1-7(9)3-4-13(2)5-6-14-8(10,11)12/h7H,3-6H2,1-2H3. The first-order chi connectivity index (χ1) is 6.31. The Balaban J connectivity index is 3.40. The number of halogens is 4. The minimum Gasteiger partial charge on any atom is -0.304 e. The Morgan fingerprint density at radius 1 is 1.36 bits per heavy atom. The van der Waals surface area contributed by atoms with Crippen LogP contribution in [0.1, 0.15) is 13.3 Å². The van der Waals surface area contributed by atoms with Gasteiger partial charge in [0.2, 0.25) is 0 Å². The first-order valence-corrected chi connectivity index (χ1v) is 5.26. The summed E-state index contributed by atoms with van der Waals surface area (Å²) < 4.78 is 38.4. The fourth-order valence-corrected chi connectivity index (χ4v) is 1.03. The minimum absolute atomic E-state index is 0.291. The second kappa shape index (κ2) is 6.63. The molecule has 1 unspecified atom stereocenters. The van der Waals surface area contributed by atoms with Crippen LogP contribution in [0.15, 0.2) is 0 Å². The SMILES string of the molecule is CC(Br)CCN(C)CCOC(F)(F)F. The van der Waals surface area contributed by atoms with Crippen molar-refractivity contribution in [3.05, 3.63) is 0 Å². The smallest absolute Gasteiger partial charge is 0.304 e. The third-order valence-electron chi connectivity index (χ3n) is 1.65. The van der Waals surface area contributed by atoms with Crippen LogP contribution < -0.4 is 0 Å². The molecule has 0 fully saturated rings. The fourth-order valence-electron chi connectivity index (χ4n) is 0.827. The molecule has 0 saturated carbocycles. The summed E-state index contributed by atoms with van der Waals surface area (Å²) in [7, 11) is 1.77. The largest absolute Gasteiger partial charge is 0.522 e. The molecule has 0 aliphatic rings. The lowest BCUT2D eigenvalue weighted by Gasteiger charge is -2.17. The van der Waals surface area contributed by atoms with E-state index in [0.29, 0.717) is 11.4 Å². The van der Waals surface area contributed by atoms with E-state index in [1.165, 1.54) is 0 Å². The molecule has 6 heteroatoms. The Morgan fingerprint density at radius 3 is 2.36 bits per heavy atom. The van der Waals surface area contributed by atoms with Gasteiger partial charge in [0.1, 0.15) is 0 Å². The molecule has 0 saturated heterocycles. The molecule has 0 aromatic carbocycles. The van der Waals surface area contributed by atoms with Crippen molar-refractivity contribution in [1.82, 2.24) is 4.90 Å². The first-order valence-electron chi connectivity index (χ1n) is 4.34. The second-order valence-electron chi connectivity index (χ2n) is 3.17. The van der Waals surface area contributed by atoms with Crippen LogP contribution in [0.3, 0.4) is 0 Å². The Kier molecular flexibility index (Phi) is 6.72. The Morgan fingerprint density at radius 2 is 1.93 bits per heavy atom. The highest BCUT2D eigenvalue weighted by molar-refractivity contribution is 9.09. The molecule has 0 aromatic heterocycles. The van der Waals surface area contributed by atoms with E-state index in [-0.39, 0.29) is 6.61 Å². The average molecular weight is 278 g/mol. The van der Waals surface area contributed by atoms with Crippen molar-refractivity contribution in [2.24, 2.45) is 0 Å². The lowest BCUT2D eigenvalue weighted by atomic mass is 10.3. The van der Waals surface area contributed by atoms with Crippen LogP contribution in [0.2, 0.25) is 0 Å². The molecule has 0 N–H and O–H groups in total. The molecule has 1 atom stereocenters. The van der Waals surface area contributed by atoms with E-state index in [1.807, 2.05) is 11.8 Å². The summed E-state index contributed by atoms with van der Waals surface area (Å²) >= 11 is 3.36. The number of alkyl halides is 4. The topological polar surface area (TPSA) is 12.5 Å². The number of nitrogens with zero attached hydrogens (tertiary/aromatic N) is 1. The van der Waals surface area contributed by atoms with Crippen molar-refractivity contribution in [2.45, 2.75) is 24.5 Å². The summed E-state index contributed by atoms with van der Waals surface area (Å²) in [6.45, 7) is 2.74. The van der Waals surface area contributed by atoms with E-state index in [9.17, 15) is 13.2 Å². The zero-order chi connectivity index (χ0) is 11.2. The second-order valence-corrected chi connectivity index (χ2v) is 4.73. The van der Waals surface area contributed by atoms with E-state index < -0.39 is 6.36 Å². The van der Waals surface area contributed by atoms with Crippen LogP contribution in [0, 0.1) is 0 Å². The zero-order valence-corrected chi connectivity index (χ0v) is 9.86. The predicted molar refractivity (Wildman–Crippen MR) is 52.5 cm³/mol. The van der Waals surface area contributed by atoms with Gasteiger partial charge in [-0.05, 0) is 20.0 Å². The summed E-state index contributed by atoms with van der Waals surface area (Å²) in [5, 5.41) is 0. The van der Waals surface area contributed by atoms with Gasteiger partial charge in [-0.15, -0.1) is 13.2 Å². The summed E-state index contributed by atoms with van der Waals surface area (Å²) in [4.78, 5) is 2.19. The molecule has 0 spiro atoms. The quantitative estimate of drug-likeness (QED) is 0.692. The lowest BCUT2D eigenvalue weighted by molar-refractivity contribution is -0.324. The predicted octanol–water partition coefficient (Wildman–Crippen LogP) is 2.63. The number of hydrogen-bond donors (Lipinski definition) is 0. The molecule has 86 valence electrons. The summed E-state index contributed by atoms with van der Waals surface area (Å²) in [5.74, 6) is 0. The van der Waals surface area contributed by atoms with Gasteiger partial charge >= 0.3 is 6.36 Å². The molecule has 0 heterocycles. The average Bonchev–Trinajstić information content (AvgIpc) is 1.98. The van der Waals surface area contributed by atoms with E-state index >= 15 is 0 Å². The Labute approximate surface area is 90.5 Å². The van der Waals surface area contributed by atoms with Crippen LogP contribution >= 0.6 is 15.9 Å². The maximum atomic E-state index is 11.6. The third kappa shape index (κ3) is 10.3. The molecule has 0 bridgehead atoms. The van der Waals surface area contributed by atoms with Crippen LogP contribution in [0.5, 0.6) is 0 Å². The van der Waals surface area contributed by atoms with Gasteiger partial charge in [0.05, 0.1) is 6.61 Å². The molecule has 2 nitrogen and oxygen atoms in total. The van der Waals surface area contributed by atoms with E-state index in [2.05, 4.69) is 20.7 Å². The maximum Gasteiger partial charge on any atom is 0.522 e. The normalized spacial score (nSPS) is 14.8. The van der Waals surface area contributed by atoms with E-state index in [1.54, 1.807) is 7.05 Å². The van der Waals surface area contributed by atoms with Gasteiger partial charge in [-0.1, -0.05) is 22.9 Å². The van der Waals surface area contributed by atoms with Crippen molar-refractivity contribution in [1.29, 1.82) is 0 Å². The van der Waals surface area contributed by atoms with Crippen LogP contribution in [-0.2, 0) is 4.74 Å². The van der Waals surface area contributed by atoms with Crippen molar-refractivity contribution < 1.29 is 17.9 Å². The summed E-state index contributed by atoms with van der Waals surface area (Å²) in [6, 6.07) is 0.